The molecule has 4 rings (SSSR count). The molecule has 118 valence electrons. The highest BCUT2D eigenvalue weighted by atomic mass is 15.2. The summed E-state index contributed by atoms with van der Waals surface area (Å²) in [6.45, 7) is 7.88. The van der Waals surface area contributed by atoms with E-state index < -0.39 is 0 Å². The van der Waals surface area contributed by atoms with Crippen molar-refractivity contribution in [2.45, 2.75) is 39.9 Å². The van der Waals surface area contributed by atoms with Crippen LogP contribution in [0, 0.1) is 6.92 Å². The van der Waals surface area contributed by atoms with Crippen molar-refractivity contribution in [3.8, 4) is 0 Å². The van der Waals surface area contributed by atoms with Gasteiger partial charge in [-0.1, -0.05) is 12.1 Å². The molecule has 5 heteroatoms. The highest BCUT2D eigenvalue weighted by Gasteiger charge is 2.20. The molecule has 23 heavy (non-hydrogen) atoms. The minimum Gasteiger partial charge on any atom is -0.327 e. The van der Waals surface area contributed by atoms with Gasteiger partial charge in [0.05, 0.1) is 17.6 Å². The lowest BCUT2D eigenvalue weighted by Crippen LogP contribution is -2.32. The molecule has 0 bridgehead atoms. The number of benzene rings is 1. The molecular formula is C18H21N5. The molecule has 1 aromatic carbocycles. The lowest BCUT2D eigenvalue weighted by atomic mass is 10.1. The summed E-state index contributed by atoms with van der Waals surface area (Å²) in [4.78, 5) is 16.2. The van der Waals surface area contributed by atoms with E-state index in [9.17, 15) is 0 Å². The average molecular weight is 307 g/mol. The zero-order chi connectivity index (χ0) is 15.8. The number of hydrogen-bond donors (Lipinski definition) is 0. The second-order valence-corrected chi connectivity index (χ2v) is 6.11. The average Bonchev–Trinajstić information content (AvgIpc) is 2.92. The first-order chi connectivity index (χ1) is 11.2. The number of para-hydroxylation sites is 2. The maximum absolute atomic E-state index is 4.84. The standard InChI is InChI=1S/C18H21N5/c1-3-23-17-7-5-4-6-16(17)21-18(23)12-22-9-8-15-14(11-22)10-19-13(2)20-15/h4-7,10H,3,8-9,11-12H2,1-2H3. The maximum atomic E-state index is 4.84. The van der Waals surface area contributed by atoms with Crippen molar-refractivity contribution in [3.05, 3.63) is 53.4 Å². The zero-order valence-corrected chi connectivity index (χ0v) is 13.7. The Kier molecular flexibility index (Phi) is 3.58. The Morgan fingerprint density at radius 1 is 1.17 bits per heavy atom. The third-order valence-corrected chi connectivity index (χ3v) is 4.55. The molecule has 0 radical (unpaired) electrons. The van der Waals surface area contributed by atoms with Gasteiger partial charge >= 0.3 is 0 Å². The predicted molar refractivity (Wildman–Crippen MR) is 90.0 cm³/mol. The van der Waals surface area contributed by atoms with E-state index in [2.05, 4.69) is 50.6 Å². The summed E-state index contributed by atoms with van der Waals surface area (Å²) in [5, 5.41) is 0. The Morgan fingerprint density at radius 3 is 2.91 bits per heavy atom. The molecule has 1 aliphatic heterocycles. The van der Waals surface area contributed by atoms with Gasteiger partial charge in [-0.15, -0.1) is 0 Å². The molecule has 3 heterocycles. The highest BCUT2D eigenvalue weighted by molar-refractivity contribution is 5.75. The van der Waals surface area contributed by atoms with Crippen molar-refractivity contribution in [2.24, 2.45) is 0 Å². The van der Waals surface area contributed by atoms with Gasteiger partial charge < -0.3 is 4.57 Å². The summed E-state index contributed by atoms with van der Waals surface area (Å²) < 4.78 is 2.32. The topological polar surface area (TPSA) is 46.8 Å². The minimum atomic E-state index is 0.866. The smallest absolute Gasteiger partial charge is 0.125 e. The second kappa shape index (κ2) is 5.74. The lowest BCUT2D eigenvalue weighted by Gasteiger charge is -2.27. The van der Waals surface area contributed by atoms with Gasteiger partial charge in [-0.2, -0.15) is 0 Å². The Bertz CT molecular complexity index is 852. The quantitative estimate of drug-likeness (QED) is 0.746. The monoisotopic (exact) mass is 307 g/mol. The van der Waals surface area contributed by atoms with Crippen LogP contribution in [0.4, 0.5) is 0 Å². The van der Waals surface area contributed by atoms with Crippen molar-refractivity contribution in [1.82, 2.24) is 24.4 Å². The first-order valence-corrected chi connectivity index (χ1v) is 8.22. The number of fused-ring (bicyclic) bond motifs is 2. The normalized spacial score (nSPS) is 15.0. The summed E-state index contributed by atoms with van der Waals surface area (Å²) in [5.74, 6) is 2.01. The molecule has 0 saturated carbocycles. The van der Waals surface area contributed by atoms with Crippen LogP contribution in [0.2, 0.25) is 0 Å². The van der Waals surface area contributed by atoms with E-state index in [1.54, 1.807) is 0 Å². The van der Waals surface area contributed by atoms with Gasteiger partial charge in [-0.05, 0) is 26.0 Å². The Morgan fingerprint density at radius 2 is 2.04 bits per heavy atom. The zero-order valence-electron chi connectivity index (χ0n) is 13.7. The van der Waals surface area contributed by atoms with Gasteiger partial charge in [-0.3, -0.25) is 4.90 Å². The van der Waals surface area contributed by atoms with Gasteiger partial charge in [0, 0.05) is 43.5 Å². The SMILES string of the molecule is CCn1c(CN2CCc3nc(C)ncc3C2)nc2ccccc21. The van der Waals surface area contributed by atoms with E-state index in [1.807, 2.05) is 13.1 Å². The number of nitrogens with zero attached hydrogens (tertiary/aromatic N) is 5. The summed E-state index contributed by atoms with van der Waals surface area (Å²) in [5.41, 5.74) is 4.76. The van der Waals surface area contributed by atoms with Crippen LogP contribution in [-0.4, -0.2) is 31.0 Å². The molecule has 0 amide bonds. The van der Waals surface area contributed by atoms with Gasteiger partial charge in [-0.25, -0.2) is 15.0 Å². The third kappa shape index (κ3) is 2.61. The summed E-state index contributed by atoms with van der Waals surface area (Å²) in [6, 6.07) is 8.37. The van der Waals surface area contributed by atoms with Gasteiger partial charge in [0.25, 0.3) is 0 Å². The number of imidazole rings is 1. The van der Waals surface area contributed by atoms with E-state index in [4.69, 9.17) is 4.98 Å². The molecule has 0 saturated heterocycles. The van der Waals surface area contributed by atoms with Crippen molar-refractivity contribution in [1.29, 1.82) is 0 Å². The van der Waals surface area contributed by atoms with E-state index in [0.717, 1.165) is 49.8 Å². The summed E-state index contributed by atoms with van der Waals surface area (Å²) >= 11 is 0. The van der Waals surface area contributed by atoms with E-state index in [-0.39, 0.29) is 0 Å². The highest BCUT2D eigenvalue weighted by Crippen LogP contribution is 2.21. The third-order valence-electron chi connectivity index (χ3n) is 4.55. The minimum absolute atomic E-state index is 0.866. The Balaban J connectivity index is 1.60. The van der Waals surface area contributed by atoms with Crippen LogP contribution < -0.4 is 0 Å². The fourth-order valence-corrected chi connectivity index (χ4v) is 3.41. The molecule has 0 aliphatic carbocycles. The number of aryl methyl sites for hydroxylation is 2. The number of aromatic nitrogens is 4. The molecule has 0 spiro atoms. The maximum Gasteiger partial charge on any atom is 0.125 e. The molecule has 1 aliphatic rings. The molecular weight excluding hydrogens is 286 g/mol. The van der Waals surface area contributed by atoms with Crippen molar-refractivity contribution in [2.75, 3.05) is 6.54 Å². The van der Waals surface area contributed by atoms with Gasteiger partial charge in [0.2, 0.25) is 0 Å². The van der Waals surface area contributed by atoms with Crippen LogP contribution in [0.1, 0.15) is 29.8 Å². The van der Waals surface area contributed by atoms with E-state index in [0.29, 0.717) is 0 Å². The molecule has 0 atom stereocenters. The van der Waals surface area contributed by atoms with Crippen LogP contribution in [0.15, 0.2) is 30.5 Å². The van der Waals surface area contributed by atoms with Crippen molar-refractivity contribution in [3.63, 3.8) is 0 Å². The van der Waals surface area contributed by atoms with Crippen LogP contribution in [0.25, 0.3) is 11.0 Å². The predicted octanol–water partition coefficient (Wildman–Crippen LogP) is 2.71. The molecule has 5 nitrogen and oxygen atoms in total. The van der Waals surface area contributed by atoms with E-state index >= 15 is 0 Å². The van der Waals surface area contributed by atoms with Gasteiger partial charge in [0.1, 0.15) is 11.6 Å². The molecule has 0 unspecified atom stereocenters. The molecule has 0 N–H and O–H groups in total. The van der Waals surface area contributed by atoms with Crippen LogP contribution in [0.3, 0.4) is 0 Å². The number of hydrogen-bond acceptors (Lipinski definition) is 4. The van der Waals surface area contributed by atoms with Crippen LogP contribution in [0.5, 0.6) is 0 Å². The molecule has 0 fully saturated rings. The molecule has 2 aromatic heterocycles. The van der Waals surface area contributed by atoms with Crippen molar-refractivity contribution < 1.29 is 0 Å². The summed E-state index contributed by atoms with van der Waals surface area (Å²) in [7, 11) is 0. The first kappa shape index (κ1) is 14.3. The van der Waals surface area contributed by atoms with E-state index in [1.165, 1.54) is 16.8 Å². The van der Waals surface area contributed by atoms with Crippen LogP contribution in [-0.2, 0) is 26.1 Å². The second-order valence-electron chi connectivity index (χ2n) is 6.11. The fraction of sp³-hybridized carbons (Fsp3) is 0.389. The summed E-state index contributed by atoms with van der Waals surface area (Å²) in [6.07, 6.45) is 2.97. The largest absolute Gasteiger partial charge is 0.327 e. The van der Waals surface area contributed by atoms with Crippen LogP contribution >= 0.6 is 0 Å². The van der Waals surface area contributed by atoms with Gasteiger partial charge in [0.15, 0.2) is 0 Å². The first-order valence-electron chi connectivity index (χ1n) is 8.22. The van der Waals surface area contributed by atoms with Crippen molar-refractivity contribution >= 4 is 11.0 Å². The Labute approximate surface area is 136 Å². The number of rotatable bonds is 3. The fourth-order valence-electron chi connectivity index (χ4n) is 3.41. The lowest BCUT2D eigenvalue weighted by molar-refractivity contribution is 0.234. The molecule has 3 aromatic rings. The Hall–Kier alpha value is -2.27.